The van der Waals surface area contributed by atoms with E-state index in [1.165, 1.54) is 6.39 Å². The monoisotopic (exact) mass is 471 g/mol. The number of amides is 1. The van der Waals surface area contributed by atoms with Crippen LogP contribution in [0.15, 0.2) is 59.5 Å². The lowest BCUT2D eigenvalue weighted by atomic mass is 10.0. The molecule has 9 heteroatoms. The Labute approximate surface area is 202 Å². The van der Waals surface area contributed by atoms with E-state index in [4.69, 9.17) is 13.9 Å². The summed E-state index contributed by atoms with van der Waals surface area (Å²) in [5.74, 6) is 1.56. The molecule has 4 rings (SSSR count). The van der Waals surface area contributed by atoms with E-state index in [1.807, 2.05) is 44.2 Å². The van der Waals surface area contributed by atoms with E-state index in [0.29, 0.717) is 40.2 Å². The van der Waals surface area contributed by atoms with Crippen molar-refractivity contribution in [1.29, 1.82) is 5.26 Å². The largest absolute Gasteiger partial charge is 0.496 e. The summed E-state index contributed by atoms with van der Waals surface area (Å²) < 4.78 is 16.3. The van der Waals surface area contributed by atoms with Gasteiger partial charge in [-0.15, -0.1) is 0 Å². The van der Waals surface area contributed by atoms with Gasteiger partial charge in [0, 0.05) is 11.5 Å². The molecule has 1 atom stereocenters. The Kier molecular flexibility index (Phi) is 7.21. The standard InChI is InChI=1S/C26H25N5O4/c1-16(2)9-21(31-26(32)34-14-17-7-5-4-6-8-17)25-29-20-11-23(33-3)19(24-13-28-15-35-24)10-18(20)22(12-27)30-25/h4-8,10-11,13,15-16,21H,9,14H2,1-3H3,(H,31,32). The lowest BCUT2D eigenvalue weighted by Gasteiger charge is -2.20. The van der Waals surface area contributed by atoms with Crippen LogP contribution in [0.4, 0.5) is 4.79 Å². The van der Waals surface area contributed by atoms with Crippen LogP contribution in [-0.4, -0.2) is 28.2 Å². The second-order valence-corrected chi connectivity index (χ2v) is 8.37. The van der Waals surface area contributed by atoms with Crippen molar-refractivity contribution < 1.29 is 18.7 Å². The maximum Gasteiger partial charge on any atom is 0.408 e. The molecule has 4 aromatic rings. The minimum Gasteiger partial charge on any atom is -0.496 e. The fourth-order valence-electron chi connectivity index (χ4n) is 3.73. The van der Waals surface area contributed by atoms with Gasteiger partial charge in [0.2, 0.25) is 0 Å². The minimum absolute atomic E-state index is 0.144. The number of alkyl carbamates (subject to hydrolysis) is 1. The highest BCUT2D eigenvalue weighted by atomic mass is 16.5. The molecule has 178 valence electrons. The van der Waals surface area contributed by atoms with Gasteiger partial charge in [0.15, 0.2) is 23.7 Å². The van der Waals surface area contributed by atoms with Gasteiger partial charge < -0.3 is 19.2 Å². The zero-order chi connectivity index (χ0) is 24.8. The summed E-state index contributed by atoms with van der Waals surface area (Å²) in [6, 6.07) is 14.5. The Morgan fingerprint density at radius 2 is 2.00 bits per heavy atom. The van der Waals surface area contributed by atoms with Crippen LogP contribution in [0, 0.1) is 17.2 Å². The molecule has 0 aliphatic carbocycles. The fraction of sp³-hybridized carbons (Fsp3) is 0.269. The van der Waals surface area contributed by atoms with Crippen molar-refractivity contribution in [2.24, 2.45) is 5.92 Å². The number of nitrogens with one attached hydrogen (secondary N) is 1. The SMILES string of the molecule is COc1cc2nc(C(CC(C)C)NC(=O)OCc3ccccc3)nc(C#N)c2cc1-c1cnco1. The van der Waals surface area contributed by atoms with Crippen molar-refractivity contribution in [2.75, 3.05) is 7.11 Å². The lowest BCUT2D eigenvalue weighted by molar-refractivity contribution is 0.133. The molecule has 2 aromatic heterocycles. The Balaban J connectivity index is 1.67. The molecule has 2 heterocycles. The Morgan fingerprint density at radius 1 is 1.20 bits per heavy atom. The summed E-state index contributed by atoms with van der Waals surface area (Å²) in [7, 11) is 1.54. The van der Waals surface area contributed by atoms with E-state index in [2.05, 4.69) is 26.3 Å². The van der Waals surface area contributed by atoms with Crippen LogP contribution in [0.3, 0.4) is 0 Å². The highest BCUT2D eigenvalue weighted by Gasteiger charge is 2.23. The number of carbonyl (C=O) groups is 1. The molecule has 0 bridgehead atoms. The second kappa shape index (κ2) is 10.7. The number of hydrogen-bond donors (Lipinski definition) is 1. The molecule has 0 saturated heterocycles. The van der Waals surface area contributed by atoms with E-state index in [-0.39, 0.29) is 18.2 Å². The zero-order valence-electron chi connectivity index (χ0n) is 19.7. The van der Waals surface area contributed by atoms with Crippen LogP contribution in [0.1, 0.15) is 43.4 Å². The summed E-state index contributed by atoms with van der Waals surface area (Å²) in [5.41, 5.74) is 2.21. The molecule has 0 aliphatic rings. The van der Waals surface area contributed by atoms with Crippen molar-refractivity contribution in [2.45, 2.75) is 32.9 Å². The number of carbonyl (C=O) groups excluding carboxylic acids is 1. The van der Waals surface area contributed by atoms with E-state index in [0.717, 1.165) is 5.56 Å². The van der Waals surface area contributed by atoms with Gasteiger partial charge in [-0.25, -0.2) is 19.7 Å². The molecular weight excluding hydrogens is 446 g/mol. The average molecular weight is 472 g/mol. The zero-order valence-corrected chi connectivity index (χ0v) is 19.7. The van der Waals surface area contributed by atoms with Crippen molar-refractivity contribution >= 4 is 17.0 Å². The normalized spacial score (nSPS) is 11.7. The van der Waals surface area contributed by atoms with Crippen LogP contribution in [-0.2, 0) is 11.3 Å². The predicted molar refractivity (Wildman–Crippen MR) is 128 cm³/mol. The molecule has 0 fully saturated rings. The number of hydrogen-bond acceptors (Lipinski definition) is 8. The molecule has 2 aromatic carbocycles. The minimum atomic E-state index is -0.583. The molecule has 9 nitrogen and oxygen atoms in total. The fourth-order valence-corrected chi connectivity index (χ4v) is 3.73. The number of rotatable bonds is 8. The number of benzene rings is 2. The molecular formula is C26H25N5O4. The molecule has 0 spiro atoms. The van der Waals surface area contributed by atoms with Gasteiger partial charge in [0.25, 0.3) is 0 Å². The average Bonchev–Trinajstić information content (AvgIpc) is 3.41. The first-order valence-corrected chi connectivity index (χ1v) is 11.1. The van der Waals surface area contributed by atoms with Crippen LogP contribution < -0.4 is 10.1 Å². The summed E-state index contributed by atoms with van der Waals surface area (Å²) in [6.45, 7) is 4.20. The van der Waals surface area contributed by atoms with Gasteiger partial charge in [-0.2, -0.15) is 5.26 Å². The summed E-state index contributed by atoms with van der Waals surface area (Å²) in [5, 5.41) is 13.2. The van der Waals surface area contributed by atoms with Gasteiger partial charge in [-0.3, -0.25) is 0 Å². The van der Waals surface area contributed by atoms with E-state index in [9.17, 15) is 10.1 Å². The van der Waals surface area contributed by atoms with Crippen molar-refractivity contribution in [1.82, 2.24) is 20.3 Å². The van der Waals surface area contributed by atoms with Gasteiger partial charge in [0.05, 0.1) is 30.4 Å². The third kappa shape index (κ3) is 5.55. The van der Waals surface area contributed by atoms with Crippen LogP contribution in [0.2, 0.25) is 0 Å². The third-order valence-electron chi connectivity index (χ3n) is 5.36. The number of ether oxygens (including phenoxy) is 2. The molecule has 0 radical (unpaired) electrons. The molecule has 0 aliphatic heterocycles. The number of methoxy groups -OCH3 is 1. The summed E-state index contributed by atoms with van der Waals surface area (Å²) >= 11 is 0. The Bertz CT molecular complexity index is 1350. The quantitative estimate of drug-likeness (QED) is 0.373. The smallest absolute Gasteiger partial charge is 0.408 e. The molecule has 0 saturated carbocycles. The van der Waals surface area contributed by atoms with Gasteiger partial charge in [-0.1, -0.05) is 44.2 Å². The maximum absolute atomic E-state index is 12.6. The number of aromatic nitrogens is 3. The molecule has 1 N–H and O–H groups in total. The number of oxazole rings is 1. The van der Waals surface area contributed by atoms with E-state index >= 15 is 0 Å². The first-order valence-electron chi connectivity index (χ1n) is 11.1. The summed E-state index contributed by atoms with van der Waals surface area (Å²) in [6.07, 6.45) is 2.86. The number of nitriles is 1. The highest BCUT2D eigenvalue weighted by molar-refractivity contribution is 5.90. The van der Waals surface area contributed by atoms with Crippen LogP contribution in [0.5, 0.6) is 5.75 Å². The van der Waals surface area contributed by atoms with Crippen LogP contribution in [0.25, 0.3) is 22.2 Å². The molecule has 1 unspecified atom stereocenters. The van der Waals surface area contributed by atoms with Gasteiger partial charge in [0.1, 0.15) is 18.4 Å². The lowest BCUT2D eigenvalue weighted by Crippen LogP contribution is -2.31. The highest BCUT2D eigenvalue weighted by Crippen LogP contribution is 2.35. The Morgan fingerprint density at radius 3 is 2.66 bits per heavy atom. The third-order valence-corrected chi connectivity index (χ3v) is 5.36. The first kappa shape index (κ1) is 23.7. The van der Waals surface area contributed by atoms with E-state index in [1.54, 1.807) is 25.4 Å². The van der Waals surface area contributed by atoms with Crippen molar-refractivity contribution in [3.63, 3.8) is 0 Å². The molecule has 35 heavy (non-hydrogen) atoms. The second-order valence-electron chi connectivity index (χ2n) is 8.37. The predicted octanol–water partition coefficient (Wildman–Crippen LogP) is 5.18. The van der Waals surface area contributed by atoms with Crippen LogP contribution >= 0.6 is 0 Å². The summed E-state index contributed by atoms with van der Waals surface area (Å²) in [4.78, 5) is 25.7. The Hall–Kier alpha value is -4.45. The number of nitrogens with zero attached hydrogens (tertiary/aromatic N) is 4. The van der Waals surface area contributed by atoms with Crippen molar-refractivity contribution in [3.8, 4) is 23.1 Å². The first-order chi connectivity index (χ1) is 17.0. The number of fused-ring (bicyclic) bond motifs is 1. The topological polar surface area (TPSA) is 123 Å². The molecule has 1 amide bonds. The van der Waals surface area contributed by atoms with E-state index < -0.39 is 12.1 Å². The van der Waals surface area contributed by atoms with Gasteiger partial charge >= 0.3 is 6.09 Å². The maximum atomic E-state index is 12.6. The van der Waals surface area contributed by atoms with Crippen molar-refractivity contribution in [3.05, 3.63) is 72.1 Å². The van der Waals surface area contributed by atoms with Gasteiger partial charge in [-0.05, 0) is 24.0 Å².